The van der Waals surface area contributed by atoms with Crippen LogP contribution in [0.15, 0.2) is 36.4 Å². The first-order valence-corrected chi connectivity index (χ1v) is 13.1. The third kappa shape index (κ3) is 7.93. The molecule has 5 heteroatoms. The number of benzene rings is 1. The van der Waals surface area contributed by atoms with E-state index in [0.29, 0.717) is 16.6 Å². The third-order valence-corrected chi connectivity index (χ3v) is 12.0. The van der Waals surface area contributed by atoms with E-state index in [9.17, 15) is 13.2 Å². The number of aryl methyl sites for hydroxylation is 1. The third-order valence-electron chi connectivity index (χ3n) is 5.86. The number of allylic oxidation sites excluding steroid dienone is 2. The standard InChI is InChI=1S/C24H39F3OSi/c1-19(2)29(20(3)4,21(5)6)28-18-12-10-8-7-9-11-13-22-14-16-23(17-15-22)24(25,26)27/h7-8,14-17,19-21H,9-13,18H2,1-6H3/b8-7+. The van der Waals surface area contributed by atoms with Gasteiger partial charge in [0.1, 0.15) is 0 Å². The van der Waals surface area contributed by atoms with E-state index in [0.717, 1.165) is 44.3 Å². The molecule has 0 aromatic heterocycles. The van der Waals surface area contributed by atoms with Crippen LogP contribution in [0.1, 0.15) is 78.4 Å². The van der Waals surface area contributed by atoms with Crippen LogP contribution < -0.4 is 0 Å². The molecular weight excluding hydrogens is 389 g/mol. The van der Waals surface area contributed by atoms with Crippen LogP contribution in [0.2, 0.25) is 16.6 Å². The lowest BCUT2D eigenvalue weighted by atomic mass is 10.1. The Morgan fingerprint density at radius 1 is 0.828 bits per heavy atom. The van der Waals surface area contributed by atoms with Crippen molar-refractivity contribution >= 4 is 8.32 Å². The van der Waals surface area contributed by atoms with Gasteiger partial charge in [-0.05, 0) is 66.4 Å². The molecule has 1 aromatic carbocycles. The van der Waals surface area contributed by atoms with E-state index >= 15 is 0 Å². The predicted molar refractivity (Wildman–Crippen MR) is 120 cm³/mol. The summed E-state index contributed by atoms with van der Waals surface area (Å²) >= 11 is 0. The second-order valence-corrected chi connectivity index (χ2v) is 14.3. The summed E-state index contributed by atoms with van der Waals surface area (Å²) < 4.78 is 44.3. The summed E-state index contributed by atoms with van der Waals surface area (Å²) in [5.41, 5.74) is 2.22. The highest BCUT2D eigenvalue weighted by Gasteiger charge is 2.44. The van der Waals surface area contributed by atoms with Crippen molar-refractivity contribution in [2.24, 2.45) is 0 Å². The minimum Gasteiger partial charge on any atom is -0.416 e. The molecule has 0 unspecified atom stereocenters. The molecule has 0 N–H and O–H groups in total. The van der Waals surface area contributed by atoms with E-state index in [-0.39, 0.29) is 0 Å². The van der Waals surface area contributed by atoms with Gasteiger partial charge in [0.05, 0.1) is 5.56 Å². The second-order valence-electron chi connectivity index (χ2n) is 8.87. The van der Waals surface area contributed by atoms with E-state index in [1.807, 2.05) is 0 Å². The number of rotatable bonds is 12. The molecule has 1 rings (SSSR count). The van der Waals surface area contributed by atoms with Crippen molar-refractivity contribution in [2.45, 2.75) is 96.4 Å². The first kappa shape index (κ1) is 26.0. The molecule has 0 aliphatic carbocycles. The highest BCUT2D eigenvalue weighted by molar-refractivity contribution is 6.77. The monoisotopic (exact) mass is 428 g/mol. The molecule has 1 aromatic rings. The van der Waals surface area contributed by atoms with Crippen LogP contribution in [0.5, 0.6) is 0 Å². The molecular formula is C24H39F3OSi. The van der Waals surface area contributed by atoms with E-state index in [1.165, 1.54) is 12.1 Å². The minimum atomic E-state index is -4.26. The summed E-state index contributed by atoms with van der Waals surface area (Å²) in [6, 6.07) is 5.50. The Labute approximate surface area is 176 Å². The van der Waals surface area contributed by atoms with Gasteiger partial charge in [0.15, 0.2) is 8.32 Å². The zero-order chi connectivity index (χ0) is 22.1. The molecule has 0 saturated carbocycles. The maximum atomic E-state index is 12.6. The lowest BCUT2D eigenvalue weighted by molar-refractivity contribution is -0.137. The summed E-state index contributed by atoms with van der Waals surface area (Å²) in [5, 5.41) is 0. The quantitative estimate of drug-likeness (QED) is 0.184. The SMILES string of the molecule is CC(C)[Si](OCCC/C=C/CCCc1ccc(C(F)(F)F)cc1)(C(C)C)C(C)C. The Bertz CT molecular complexity index is 582. The minimum absolute atomic E-state index is 0.581. The Hall–Kier alpha value is -1.07. The molecule has 0 fully saturated rings. The van der Waals surface area contributed by atoms with Gasteiger partial charge in [0.2, 0.25) is 0 Å². The number of unbranched alkanes of at least 4 members (excludes halogenated alkanes) is 2. The van der Waals surface area contributed by atoms with E-state index in [4.69, 9.17) is 4.43 Å². The first-order chi connectivity index (χ1) is 13.5. The van der Waals surface area contributed by atoms with Gasteiger partial charge in [-0.2, -0.15) is 13.2 Å². The van der Waals surface area contributed by atoms with Crippen molar-refractivity contribution in [1.29, 1.82) is 0 Å². The van der Waals surface area contributed by atoms with Gasteiger partial charge < -0.3 is 4.43 Å². The van der Waals surface area contributed by atoms with Gasteiger partial charge in [-0.15, -0.1) is 0 Å². The summed E-state index contributed by atoms with van der Waals surface area (Å²) in [7, 11) is -1.76. The van der Waals surface area contributed by atoms with Crippen LogP contribution in [0.4, 0.5) is 13.2 Å². The van der Waals surface area contributed by atoms with Crippen molar-refractivity contribution in [2.75, 3.05) is 6.61 Å². The van der Waals surface area contributed by atoms with E-state index < -0.39 is 20.1 Å². The van der Waals surface area contributed by atoms with Gasteiger partial charge in [0, 0.05) is 6.61 Å². The highest BCUT2D eigenvalue weighted by atomic mass is 28.4. The summed E-state index contributed by atoms with van der Waals surface area (Å²) in [5.74, 6) is 0. The lowest BCUT2D eigenvalue weighted by Gasteiger charge is -2.42. The zero-order valence-corrected chi connectivity index (χ0v) is 20.0. The number of hydrogen-bond acceptors (Lipinski definition) is 1. The molecule has 0 amide bonds. The molecule has 0 heterocycles. The molecule has 0 radical (unpaired) electrons. The fraction of sp³-hybridized carbons (Fsp3) is 0.667. The largest absolute Gasteiger partial charge is 0.416 e. The molecule has 0 bridgehead atoms. The lowest BCUT2D eigenvalue weighted by Crippen LogP contribution is -2.47. The average molecular weight is 429 g/mol. The van der Waals surface area contributed by atoms with Crippen molar-refractivity contribution < 1.29 is 17.6 Å². The molecule has 0 spiro atoms. The fourth-order valence-electron chi connectivity index (χ4n) is 4.47. The summed E-state index contributed by atoms with van der Waals surface area (Å²) in [4.78, 5) is 0. The van der Waals surface area contributed by atoms with Crippen LogP contribution >= 0.6 is 0 Å². The maximum absolute atomic E-state index is 12.6. The van der Waals surface area contributed by atoms with Gasteiger partial charge in [0.25, 0.3) is 0 Å². The number of halogens is 3. The van der Waals surface area contributed by atoms with Crippen molar-refractivity contribution in [1.82, 2.24) is 0 Å². The fourth-order valence-corrected chi connectivity index (χ4v) is 9.97. The molecule has 0 atom stereocenters. The number of hydrogen-bond donors (Lipinski definition) is 0. The molecule has 0 aliphatic rings. The Balaban J connectivity index is 2.29. The normalized spacial score (nSPS) is 13.4. The van der Waals surface area contributed by atoms with Crippen molar-refractivity contribution in [3.63, 3.8) is 0 Å². The van der Waals surface area contributed by atoms with Gasteiger partial charge >= 0.3 is 6.18 Å². The predicted octanol–water partition coefficient (Wildman–Crippen LogP) is 8.56. The summed E-state index contributed by atoms with van der Waals surface area (Å²) in [6.45, 7) is 14.7. The van der Waals surface area contributed by atoms with Gasteiger partial charge in [-0.1, -0.05) is 65.8 Å². The van der Waals surface area contributed by atoms with Crippen LogP contribution in [-0.4, -0.2) is 14.9 Å². The van der Waals surface area contributed by atoms with Crippen LogP contribution in [-0.2, 0) is 17.0 Å². The van der Waals surface area contributed by atoms with E-state index in [1.54, 1.807) is 12.1 Å². The molecule has 166 valence electrons. The molecule has 0 aliphatic heterocycles. The Morgan fingerprint density at radius 3 is 1.76 bits per heavy atom. The number of alkyl halides is 3. The van der Waals surface area contributed by atoms with Gasteiger partial charge in [-0.25, -0.2) is 0 Å². The summed E-state index contributed by atoms with van der Waals surface area (Å²) in [6.07, 6.45) is 4.88. The average Bonchev–Trinajstić information content (AvgIpc) is 2.62. The Kier molecular flexibility index (Phi) is 10.7. The topological polar surface area (TPSA) is 9.23 Å². The zero-order valence-electron chi connectivity index (χ0n) is 19.0. The molecule has 0 saturated heterocycles. The van der Waals surface area contributed by atoms with Gasteiger partial charge in [-0.3, -0.25) is 0 Å². The van der Waals surface area contributed by atoms with Crippen LogP contribution in [0.3, 0.4) is 0 Å². The smallest absolute Gasteiger partial charge is 0.416 e. The van der Waals surface area contributed by atoms with E-state index in [2.05, 4.69) is 53.7 Å². The molecule has 29 heavy (non-hydrogen) atoms. The second kappa shape index (κ2) is 11.9. The maximum Gasteiger partial charge on any atom is 0.416 e. The molecule has 1 nitrogen and oxygen atoms in total. The van der Waals surface area contributed by atoms with Crippen molar-refractivity contribution in [3.05, 3.63) is 47.5 Å². The first-order valence-electron chi connectivity index (χ1n) is 11.0. The van der Waals surface area contributed by atoms with Crippen LogP contribution in [0.25, 0.3) is 0 Å². The Morgan fingerprint density at radius 2 is 1.31 bits per heavy atom. The van der Waals surface area contributed by atoms with Crippen LogP contribution in [0, 0.1) is 0 Å². The highest BCUT2D eigenvalue weighted by Crippen LogP contribution is 2.42. The van der Waals surface area contributed by atoms with Crippen molar-refractivity contribution in [3.8, 4) is 0 Å².